The highest BCUT2D eigenvalue weighted by Gasteiger charge is 2.17. The Morgan fingerprint density at radius 1 is 0.296 bits per heavy atom. The molecule has 54 heavy (non-hydrogen) atoms. The third-order valence-electron chi connectivity index (χ3n) is 10.4. The quantitative estimate of drug-likeness (QED) is 0.128. The summed E-state index contributed by atoms with van der Waals surface area (Å²) in [5.41, 5.74) is 11.2. The van der Waals surface area contributed by atoms with Crippen LogP contribution in [0.1, 0.15) is 13.8 Å². The number of allylic oxidation sites excluding steroid dienone is 1. The fourth-order valence-electron chi connectivity index (χ4n) is 8.02. The molecule has 10 rings (SSSR count). The van der Waals surface area contributed by atoms with Gasteiger partial charge in [0.15, 0.2) is 0 Å². The second-order valence-corrected chi connectivity index (χ2v) is 14.5. The fourth-order valence-corrected chi connectivity index (χ4v) is 8.02. The number of hydrogen-bond donors (Lipinski definition) is 0. The average molecular weight is 689 g/mol. The summed E-state index contributed by atoms with van der Waals surface area (Å²) in [4.78, 5) is 0. The van der Waals surface area contributed by atoms with Crippen molar-refractivity contribution in [3.63, 3.8) is 0 Å². The number of hydrogen-bond acceptors (Lipinski definition) is 0. The molecule has 0 aliphatic heterocycles. The summed E-state index contributed by atoms with van der Waals surface area (Å²) < 4.78 is 0. The van der Waals surface area contributed by atoms with E-state index in [1.165, 1.54) is 104 Å². The highest BCUT2D eigenvalue weighted by Crippen LogP contribution is 2.45. The van der Waals surface area contributed by atoms with Gasteiger partial charge in [0.25, 0.3) is 0 Å². The topological polar surface area (TPSA) is 0 Å². The maximum absolute atomic E-state index is 3.56. The van der Waals surface area contributed by atoms with Gasteiger partial charge in [-0.15, -0.1) is 6.58 Å². The molecule has 256 valence electrons. The van der Waals surface area contributed by atoms with E-state index in [1.807, 2.05) is 13.8 Å². The van der Waals surface area contributed by atoms with E-state index >= 15 is 0 Å². The average Bonchev–Trinajstić information content (AvgIpc) is 3.22. The lowest BCUT2D eigenvalue weighted by Gasteiger charge is -2.18. The van der Waals surface area contributed by atoms with E-state index in [1.54, 1.807) is 0 Å². The lowest BCUT2D eigenvalue weighted by Crippen LogP contribution is -1.91. The summed E-state index contributed by atoms with van der Waals surface area (Å²) in [6.45, 7) is 7.50. The predicted octanol–water partition coefficient (Wildman–Crippen LogP) is 15.7. The Morgan fingerprint density at radius 2 is 0.667 bits per heavy atom. The predicted molar refractivity (Wildman–Crippen MR) is 236 cm³/mol. The second kappa shape index (κ2) is 14.0. The summed E-state index contributed by atoms with van der Waals surface area (Å²) in [7, 11) is 0. The van der Waals surface area contributed by atoms with Crippen molar-refractivity contribution in [2.75, 3.05) is 0 Å². The maximum Gasteiger partial charge on any atom is -0.00262 e. The van der Waals surface area contributed by atoms with E-state index in [4.69, 9.17) is 0 Å². The molecule has 0 N–H and O–H groups in total. The molecular weight excluding hydrogens is 649 g/mol. The van der Waals surface area contributed by atoms with Gasteiger partial charge in [0.05, 0.1) is 0 Å². The molecule has 0 aromatic heterocycles. The van der Waals surface area contributed by atoms with Crippen LogP contribution in [0.4, 0.5) is 0 Å². The van der Waals surface area contributed by atoms with Crippen molar-refractivity contribution in [2.45, 2.75) is 13.8 Å². The van der Waals surface area contributed by atoms with E-state index < -0.39 is 0 Å². The molecule has 0 spiro atoms. The zero-order chi connectivity index (χ0) is 36.6. The molecular formula is C54H40. The van der Waals surface area contributed by atoms with E-state index in [2.05, 4.69) is 201 Å². The Hall–Kier alpha value is -6.76. The van der Waals surface area contributed by atoms with Crippen molar-refractivity contribution in [1.82, 2.24) is 0 Å². The van der Waals surface area contributed by atoms with Crippen LogP contribution in [-0.2, 0) is 0 Å². The SMILES string of the molecule is C=C(C)C.c1cc(-c2ccc3cc(-c4cccc5ccccc45)ccc3c2)cc(-c2c3ccccc3c(-c3ccc4ccccc4c3)c3ccccc23)c1. The Morgan fingerprint density at radius 3 is 1.31 bits per heavy atom. The molecule has 0 saturated carbocycles. The first kappa shape index (κ1) is 33.1. The van der Waals surface area contributed by atoms with Crippen LogP contribution < -0.4 is 0 Å². The summed E-state index contributed by atoms with van der Waals surface area (Å²) in [5, 5.41) is 12.6. The molecule has 0 aliphatic carbocycles. The molecule has 0 fully saturated rings. The third-order valence-corrected chi connectivity index (χ3v) is 10.4. The zero-order valence-electron chi connectivity index (χ0n) is 30.7. The Labute approximate surface area is 317 Å². The molecule has 0 bridgehead atoms. The number of fused-ring (bicyclic) bond motifs is 5. The van der Waals surface area contributed by atoms with Crippen LogP contribution >= 0.6 is 0 Å². The van der Waals surface area contributed by atoms with Crippen LogP contribution in [0.15, 0.2) is 206 Å². The van der Waals surface area contributed by atoms with Crippen LogP contribution in [0, 0.1) is 0 Å². The van der Waals surface area contributed by atoms with Crippen LogP contribution in [-0.4, -0.2) is 0 Å². The lowest BCUT2D eigenvalue weighted by atomic mass is 9.85. The summed E-state index contributed by atoms with van der Waals surface area (Å²) in [6.07, 6.45) is 0. The van der Waals surface area contributed by atoms with Gasteiger partial charge in [-0.05, 0) is 136 Å². The van der Waals surface area contributed by atoms with Gasteiger partial charge in [0.2, 0.25) is 0 Å². The first-order valence-corrected chi connectivity index (χ1v) is 18.7. The van der Waals surface area contributed by atoms with Gasteiger partial charge < -0.3 is 0 Å². The van der Waals surface area contributed by atoms with Crippen LogP contribution in [0.5, 0.6) is 0 Å². The van der Waals surface area contributed by atoms with E-state index in [0.29, 0.717) is 0 Å². The van der Waals surface area contributed by atoms with Crippen molar-refractivity contribution >= 4 is 53.9 Å². The lowest BCUT2D eigenvalue weighted by molar-refractivity contribution is 1.42. The monoisotopic (exact) mass is 688 g/mol. The van der Waals surface area contributed by atoms with Gasteiger partial charge >= 0.3 is 0 Å². The summed E-state index contributed by atoms with van der Waals surface area (Å²) in [5.74, 6) is 0. The van der Waals surface area contributed by atoms with Gasteiger partial charge in [0.1, 0.15) is 0 Å². The maximum atomic E-state index is 3.56. The van der Waals surface area contributed by atoms with Gasteiger partial charge in [-0.1, -0.05) is 175 Å². The highest BCUT2D eigenvalue weighted by atomic mass is 14.2. The van der Waals surface area contributed by atoms with Crippen molar-refractivity contribution < 1.29 is 0 Å². The van der Waals surface area contributed by atoms with Crippen LogP contribution in [0.3, 0.4) is 0 Å². The van der Waals surface area contributed by atoms with Crippen molar-refractivity contribution in [2.24, 2.45) is 0 Å². The highest BCUT2D eigenvalue weighted by molar-refractivity contribution is 6.22. The van der Waals surface area contributed by atoms with Gasteiger partial charge in [-0.2, -0.15) is 0 Å². The minimum atomic E-state index is 1.17. The third kappa shape index (κ3) is 6.12. The number of benzene rings is 10. The van der Waals surface area contributed by atoms with Crippen molar-refractivity contribution in [3.05, 3.63) is 206 Å². The molecule has 10 aromatic carbocycles. The van der Waals surface area contributed by atoms with Gasteiger partial charge in [-0.3, -0.25) is 0 Å². The first-order chi connectivity index (χ1) is 26.5. The van der Waals surface area contributed by atoms with Crippen molar-refractivity contribution in [3.8, 4) is 44.5 Å². The molecule has 0 aliphatic rings. The summed E-state index contributed by atoms with van der Waals surface area (Å²) >= 11 is 0. The second-order valence-electron chi connectivity index (χ2n) is 14.5. The van der Waals surface area contributed by atoms with E-state index in [-0.39, 0.29) is 0 Å². The fraction of sp³-hybridized carbons (Fsp3) is 0.0370. The molecule has 0 nitrogen and oxygen atoms in total. The molecule has 0 heteroatoms. The molecule has 0 saturated heterocycles. The number of rotatable bonds is 4. The Kier molecular flexibility index (Phi) is 8.58. The van der Waals surface area contributed by atoms with Gasteiger partial charge in [0, 0.05) is 0 Å². The van der Waals surface area contributed by atoms with Gasteiger partial charge in [-0.25, -0.2) is 0 Å². The van der Waals surface area contributed by atoms with Crippen LogP contribution in [0.25, 0.3) is 98.4 Å². The standard InChI is InChI=1S/C50H32.C4H8/c1-2-13-35-31-42(28-23-33(35)11-1)50-47-20-7-5-18-45(47)49(46-19-6-8-21-48(46)50)41-16-9-15-36(32-41)37-24-25-39-30-40(27-26-38(39)29-37)44-22-10-14-34-12-3-4-17-43(34)44;1-4(2)3/h1-32H;1H2,2-3H3. The smallest absolute Gasteiger partial charge is 0.00262 e. The normalized spacial score (nSPS) is 11.2. The first-order valence-electron chi connectivity index (χ1n) is 18.7. The van der Waals surface area contributed by atoms with Crippen molar-refractivity contribution in [1.29, 1.82) is 0 Å². The Balaban J connectivity index is 0.000000918. The minimum Gasteiger partial charge on any atom is -0.100 e. The zero-order valence-corrected chi connectivity index (χ0v) is 30.7. The molecule has 0 radical (unpaired) electrons. The Bertz CT molecular complexity index is 2970. The van der Waals surface area contributed by atoms with E-state index in [9.17, 15) is 0 Å². The molecule has 0 amide bonds. The molecule has 0 atom stereocenters. The summed E-state index contributed by atoms with van der Waals surface area (Å²) in [6, 6.07) is 71.4. The minimum absolute atomic E-state index is 1.17. The largest absolute Gasteiger partial charge is 0.100 e. The molecule has 0 heterocycles. The van der Waals surface area contributed by atoms with E-state index in [0.717, 1.165) is 0 Å². The molecule has 0 unspecified atom stereocenters. The molecule has 10 aromatic rings. The van der Waals surface area contributed by atoms with Crippen LogP contribution in [0.2, 0.25) is 0 Å².